The van der Waals surface area contributed by atoms with Crippen LogP contribution in [-0.4, -0.2) is 37.2 Å². The second-order valence-electron chi connectivity index (χ2n) is 5.81. The third kappa shape index (κ3) is 8.95. The van der Waals surface area contributed by atoms with Gasteiger partial charge in [-0.15, -0.1) is 0 Å². The molecule has 0 radical (unpaired) electrons. The maximum atomic E-state index is 11.8. The monoisotopic (exact) mass is 370 g/mol. The van der Waals surface area contributed by atoms with E-state index in [-0.39, 0.29) is 0 Å². The Morgan fingerprint density at radius 1 is 1.12 bits per heavy atom. The Balaban J connectivity index is 2.28. The number of rotatable bonds is 8. The van der Waals surface area contributed by atoms with E-state index in [0.29, 0.717) is 23.2 Å². The molecule has 1 aromatic carbocycles. The average Bonchev–Trinajstić information content (AvgIpc) is 2.54. The van der Waals surface area contributed by atoms with E-state index in [1.807, 2.05) is 13.8 Å². The van der Waals surface area contributed by atoms with Crippen molar-refractivity contribution in [3.63, 3.8) is 0 Å². The van der Waals surface area contributed by atoms with Crippen molar-refractivity contribution in [2.45, 2.75) is 33.3 Å². The summed E-state index contributed by atoms with van der Waals surface area (Å²) < 4.78 is 10.2. The Kier molecular flexibility index (Phi) is 8.77. The molecule has 0 aliphatic rings. The molecule has 1 rings (SSSR count). The molecule has 1 aromatic rings. The first-order valence-electron chi connectivity index (χ1n) is 7.94. The van der Waals surface area contributed by atoms with Crippen molar-refractivity contribution in [1.29, 1.82) is 0 Å². The lowest BCUT2D eigenvalue weighted by atomic mass is 10.1. The molecule has 0 aliphatic carbocycles. The van der Waals surface area contributed by atoms with Crippen LogP contribution in [0.15, 0.2) is 24.3 Å². The molecule has 0 heterocycles. The first-order valence-corrected chi connectivity index (χ1v) is 8.32. The normalized spacial score (nSPS) is 11.6. The molecule has 7 nitrogen and oxygen atoms in total. The molecule has 0 aromatic heterocycles. The molecule has 138 valence electrons. The number of hydrogen-bond donors (Lipinski definition) is 2. The summed E-state index contributed by atoms with van der Waals surface area (Å²) in [6.07, 6.45) is -0.107. The summed E-state index contributed by atoms with van der Waals surface area (Å²) in [5.41, 5.74) is 0. The summed E-state index contributed by atoms with van der Waals surface area (Å²) in [4.78, 5) is 34.8. The van der Waals surface area contributed by atoms with Crippen LogP contribution < -0.4 is 15.4 Å². The van der Waals surface area contributed by atoms with E-state index in [9.17, 15) is 14.4 Å². The summed E-state index contributed by atoms with van der Waals surface area (Å²) in [5, 5.41) is 5.18. The molecular weight excluding hydrogens is 348 g/mol. The minimum absolute atomic E-state index is 0.444. The predicted molar refractivity (Wildman–Crippen MR) is 93.5 cm³/mol. The van der Waals surface area contributed by atoms with Crippen LogP contribution in [0.5, 0.6) is 5.75 Å². The minimum atomic E-state index is -0.908. The molecule has 3 amide bonds. The fraction of sp³-hybridized carbons (Fsp3) is 0.471. The van der Waals surface area contributed by atoms with Gasteiger partial charge in [0, 0.05) is 11.6 Å². The second kappa shape index (κ2) is 10.6. The number of carbonyl (C=O) groups is 3. The molecule has 1 atom stereocenters. The van der Waals surface area contributed by atoms with Crippen LogP contribution in [0, 0.1) is 5.92 Å². The molecule has 0 bridgehead atoms. The number of amides is 3. The molecule has 0 saturated heterocycles. The van der Waals surface area contributed by atoms with Gasteiger partial charge in [-0.25, -0.2) is 9.59 Å². The van der Waals surface area contributed by atoms with Crippen molar-refractivity contribution in [2.24, 2.45) is 5.92 Å². The molecule has 0 saturated carbocycles. The smallest absolute Gasteiger partial charge is 0.347 e. The van der Waals surface area contributed by atoms with E-state index < -0.39 is 30.6 Å². The zero-order chi connectivity index (χ0) is 18.8. The number of urea groups is 1. The fourth-order valence-corrected chi connectivity index (χ4v) is 1.83. The number of imide groups is 1. The molecule has 2 N–H and O–H groups in total. The first kappa shape index (κ1) is 20.8. The Morgan fingerprint density at radius 3 is 2.36 bits per heavy atom. The highest BCUT2D eigenvalue weighted by Gasteiger charge is 2.18. The maximum Gasteiger partial charge on any atom is 0.347 e. The Bertz CT molecular complexity index is 589. The number of halogens is 1. The third-order valence-corrected chi connectivity index (χ3v) is 3.32. The number of ether oxygens (including phenoxy) is 2. The summed E-state index contributed by atoms with van der Waals surface area (Å²) in [7, 11) is 0. The number of benzene rings is 1. The topological polar surface area (TPSA) is 93.7 Å². The third-order valence-electron chi connectivity index (χ3n) is 3.06. The summed E-state index contributed by atoms with van der Waals surface area (Å²) in [6, 6.07) is 5.86. The van der Waals surface area contributed by atoms with Crippen LogP contribution in [0.2, 0.25) is 5.02 Å². The van der Waals surface area contributed by atoms with Gasteiger partial charge in [0.1, 0.15) is 5.75 Å². The molecule has 0 spiro atoms. The van der Waals surface area contributed by atoms with E-state index in [1.165, 1.54) is 6.92 Å². The van der Waals surface area contributed by atoms with Gasteiger partial charge < -0.3 is 14.8 Å². The van der Waals surface area contributed by atoms with Crippen LogP contribution >= 0.6 is 11.6 Å². The Hall–Kier alpha value is -2.28. The lowest BCUT2D eigenvalue weighted by Crippen LogP contribution is -2.42. The molecule has 0 aliphatic heterocycles. The van der Waals surface area contributed by atoms with Crippen molar-refractivity contribution in [1.82, 2.24) is 10.6 Å². The van der Waals surface area contributed by atoms with Crippen molar-refractivity contribution >= 4 is 29.5 Å². The molecule has 25 heavy (non-hydrogen) atoms. The number of esters is 1. The van der Waals surface area contributed by atoms with Crippen molar-refractivity contribution in [3.8, 4) is 5.75 Å². The average molecular weight is 371 g/mol. The molecule has 0 unspecified atom stereocenters. The van der Waals surface area contributed by atoms with E-state index in [1.54, 1.807) is 24.3 Å². The standard InChI is InChI=1S/C17H23ClN2O5/c1-11(2)8-9-19-17(23)20-15(21)10-24-16(22)12(3)25-14-6-4-13(18)5-7-14/h4-7,11-12H,8-10H2,1-3H3,(H2,19,20,21,23)/t12-/m1/s1. The highest BCUT2D eigenvalue weighted by molar-refractivity contribution is 6.30. The highest BCUT2D eigenvalue weighted by Crippen LogP contribution is 2.17. The minimum Gasteiger partial charge on any atom is -0.479 e. The van der Waals surface area contributed by atoms with Gasteiger partial charge in [-0.3, -0.25) is 10.1 Å². The first-order chi connectivity index (χ1) is 11.8. The van der Waals surface area contributed by atoms with Gasteiger partial charge in [0.2, 0.25) is 0 Å². The molecule has 0 fully saturated rings. The summed E-state index contributed by atoms with van der Waals surface area (Å²) >= 11 is 5.76. The van der Waals surface area contributed by atoms with Crippen LogP contribution in [0.4, 0.5) is 4.79 Å². The lowest BCUT2D eigenvalue weighted by molar-refractivity contribution is -0.154. The quantitative estimate of drug-likeness (QED) is 0.686. The fourth-order valence-electron chi connectivity index (χ4n) is 1.70. The van der Waals surface area contributed by atoms with Gasteiger partial charge in [0.05, 0.1) is 0 Å². The largest absolute Gasteiger partial charge is 0.479 e. The van der Waals surface area contributed by atoms with Crippen molar-refractivity contribution in [3.05, 3.63) is 29.3 Å². The van der Waals surface area contributed by atoms with E-state index in [4.69, 9.17) is 21.1 Å². The Labute approximate surface area is 152 Å². The van der Waals surface area contributed by atoms with E-state index >= 15 is 0 Å². The van der Waals surface area contributed by atoms with E-state index in [2.05, 4.69) is 10.6 Å². The number of carbonyl (C=O) groups excluding carboxylic acids is 3. The van der Waals surface area contributed by atoms with Gasteiger partial charge in [-0.2, -0.15) is 0 Å². The van der Waals surface area contributed by atoms with Crippen LogP contribution in [0.1, 0.15) is 27.2 Å². The van der Waals surface area contributed by atoms with E-state index in [0.717, 1.165) is 6.42 Å². The van der Waals surface area contributed by atoms with Gasteiger partial charge in [-0.05, 0) is 43.5 Å². The Morgan fingerprint density at radius 2 is 1.76 bits per heavy atom. The zero-order valence-electron chi connectivity index (χ0n) is 14.5. The van der Waals surface area contributed by atoms with Gasteiger partial charge in [-0.1, -0.05) is 25.4 Å². The predicted octanol–water partition coefficient (Wildman–Crippen LogP) is 2.52. The summed E-state index contributed by atoms with van der Waals surface area (Å²) in [6.45, 7) is 5.44. The highest BCUT2D eigenvalue weighted by atomic mass is 35.5. The molecule has 8 heteroatoms. The van der Waals surface area contributed by atoms with Gasteiger partial charge in [0.15, 0.2) is 12.7 Å². The molecular formula is C17H23ClN2O5. The number of hydrogen-bond acceptors (Lipinski definition) is 5. The van der Waals surface area contributed by atoms with Crippen LogP contribution in [0.25, 0.3) is 0 Å². The van der Waals surface area contributed by atoms with Crippen molar-refractivity contribution in [2.75, 3.05) is 13.2 Å². The zero-order valence-corrected chi connectivity index (χ0v) is 15.3. The van der Waals surface area contributed by atoms with Crippen LogP contribution in [0.3, 0.4) is 0 Å². The van der Waals surface area contributed by atoms with Gasteiger partial charge in [0.25, 0.3) is 5.91 Å². The van der Waals surface area contributed by atoms with Gasteiger partial charge >= 0.3 is 12.0 Å². The maximum absolute atomic E-state index is 11.8. The lowest BCUT2D eigenvalue weighted by Gasteiger charge is -2.14. The van der Waals surface area contributed by atoms with Crippen molar-refractivity contribution < 1.29 is 23.9 Å². The SMILES string of the molecule is CC(C)CCNC(=O)NC(=O)COC(=O)[C@@H](C)Oc1ccc(Cl)cc1. The number of nitrogens with one attached hydrogen (secondary N) is 2. The summed E-state index contributed by atoms with van der Waals surface area (Å²) in [5.74, 6) is -0.540. The second-order valence-corrected chi connectivity index (χ2v) is 6.24. The van der Waals surface area contributed by atoms with Crippen LogP contribution in [-0.2, 0) is 14.3 Å².